The van der Waals surface area contributed by atoms with Crippen LogP contribution in [0.15, 0.2) is 0 Å². The number of aliphatic hydroxyl groups is 1. The molecule has 15 heavy (non-hydrogen) atoms. The third-order valence-electron chi connectivity index (χ3n) is 3.62. The molecule has 3 nitrogen and oxygen atoms in total. The van der Waals surface area contributed by atoms with Gasteiger partial charge in [-0.15, -0.1) is 0 Å². The highest BCUT2D eigenvalue weighted by molar-refractivity contribution is 5.68. The predicted octanol–water partition coefficient (Wildman–Crippen LogP) is 2.28. The fourth-order valence-electron chi connectivity index (χ4n) is 3.01. The average molecular weight is 214 g/mol. The first kappa shape index (κ1) is 12.5. The molecule has 2 unspecified atom stereocenters. The van der Waals surface area contributed by atoms with E-state index in [1.807, 2.05) is 0 Å². The molecule has 0 amide bonds. The van der Waals surface area contributed by atoms with Crippen LogP contribution in [0.3, 0.4) is 0 Å². The maximum absolute atomic E-state index is 10.8. The Kier molecular flexibility index (Phi) is 3.77. The largest absolute Gasteiger partial charge is 0.481 e. The van der Waals surface area contributed by atoms with Crippen LogP contribution >= 0.6 is 0 Å². The van der Waals surface area contributed by atoms with Crippen LogP contribution in [0.4, 0.5) is 0 Å². The van der Waals surface area contributed by atoms with Gasteiger partial charge < -0.3 is 10.2 Å². The van der Waals surface area contributed by atoms with E-state index in [-0.39, 0.29) is 12.3 Å². The highest BCUT2D eigenvalue weighted by Gasteiger charge is 2.43. The Bertz CT molecular complexity index is 237. The van der Waals surface area contributed by atoms with Crippen molar-refractivity contribution in [1.29, 1.82) is 0 Å². The van der Waals surface area contributed by atoms with Gasteiger partial charge in [0.25, 0.3) is 0 Å². The van der Waals surface area contributed by atoms with E-state index < -0.39 is 11.6 Å². The molecule has 2 N–H and O–H groups in total. The van der Waals surface area contributed by atoms with Gasteiger partial charge in [-0.1, -0.05) is 27.2 Å². The molecule has 88 valence electrons. The Morgan fingerprint density at radius 3 is 2.53 bits per heavy atom. The first-order valence-corrected chi connectivity index (χ1v) is 5.79. The first-order chi connectivity index (χ1) is 6.85. The van der Waals surface area contributed by atoms with Crippen LogP contribution in [0.2, 0.25) is 0 Å². The normalized spacial score (nSPS) is 36.9. The summed E-state index contributed by atoms with van der Waals surface area (Å²) in [5, 5.41) is 19.3. The van der Waals surface area contributed by atoms with E-state index in [1.165, 1.54) is 0 Å². The Balaban J connectivity index is 2.80. The van der Waals surface area contributed by atoms with Gasteiger partial charge in [0.1, 0.15) is 0 Å². The number of hydrogen-bond acceptors (Lipinski definition) is 2. The molecule has 0 bridgehead atoms. The summed E-state index contributed by atoms with van der Waals surface area (Å²) in [6, 6.07) is 0. The monoisotopic (exact) mass is 214 g/mol. The van der Waals surface area contributed by atoms with Crippen molar-refractivity contribution in [3.8, 4) is 0 Å². The molecule has 0 aromatic heterocycles. The van der Waals surface area contributed by atoms with E-state index in [0.717, 1.165) is 12.8 Å². The van der Waals surface area contributed by atoms with Gasteiger partial charge in [-0.2, -0.15) is 0 Å². The van der Waals surface area contributed by atoms with Gasteiger partial charge in [-0.3, -0.25) is 4.79 Å². The minimum Gasteiger partial charge on any atom is -0.481 e. The number of carboxylic acid groups (broad SMARTS) is 1. The number of hydrogen-bond donors (Lipinski definition) is 2. The summed E-state index contributed by atoms with van der Waals surface area (Å²) in [5.74, 6) is 0.0215. The lowest BCUT2D eigenvalue weighted by Crippen LogP contribution is -2.46. The van der Waals surface area contributed by atoms with Crippen molar-refractivity contribution in [2.24, 2.45) is 17.8 Å². The summed E-state index contributed by atoms with van der Waals surface area (Å²) in [6.45, 7) is 6.21. The highest BCUT2D eigenvalue weighted by Crippen LogP contribution is 2.42. The molecule has 1 fully saturated rings. The van der Waals surface area contributed by atoms with Crippen molar-refractivity contribution in [1.82, 2.24) is 0 Å². The maximum Gasteiger partial charge on any atom is 0.306 e. The molecular formula is C12H22O3. The minimum absolute atomic E-state index is 0.111. The van der Waals surface area contributed by atoms with Crippen LogP contribution in [0.25, 0.3) is 0 Å². The van der Waals surface area contributed by atoms with Crippen LogP contribution in [0, 0.1) is 17.8 Å². The van der Waals surface area contributed by atoms with Gasteiger partial charge in [0.2, 0.25) is 0 Å². The zero-order valence-electron chi connectivity index (χ0n) is 9.86. The van der Waals surface area contributed by atoms with Crippen LogP contribution in [0.5, 0.6) is 0 Å². The van der Waals surface area contributed by atoms with Gasteiger partial charge in [0.15, 0.2) is 0 Å². The van der Waals surface area contributed by atoms with Gasteiger partial charge in [-0.05, 0) is 30.6 Å². The van der Waals surface area contributed by atoms with Crippen molar-refractivity contribution in [2.45, 2.75) is 52.1 Å². The minimum atomic E-state index is -0.988. The third-order valence-corrected chi connectivity index (χ3v) is 3.62. The van der Waals surface area contributed by atoms with Gasteiger partial charge in [-0.25, -0.2) is 0 Å². The van der Waals surface area contributed by atoms with Crippen molar-refractivity contribution < 1.29 is 15.0 Å². The van der Waals surface area contributed by atoms with Crippen molar-refractivity contribution in [3.05, 3.63) is 0 Å². The molecule has 1 aliphatic rings. The first-order valence-electron chi connectivity index (χ1n) is 5.79. The lowest BCUT2D eigenvalue weighted by atomic mass is 9.66. The molecule has 1 rings (SSSR count). The predicted molar refractivity (Wildman–Crippen MR) is 58.5 cm³/mol. The molecule has 1 saturated carbocycles. The summed E-state index contributed by atoms with van der Waals surface area (Å²) in [5.41, 5.74) is -0.988. The number of rotatable bonds is 3. The number of carbonyl (C=O) groups is 1. The Hall–Kier alpha value is -0.570. The fraction of sp³-hybridized carbons (Fsp3) is 0.917. The summed E-state index contributed by atoms with van der Waals surface area (Å²) in [7, 11) is 0. The SMILES string of the molecule is CC1CCC(C(C)C)[C@](O)(CC(=O)O)C1. The Labute approximate surface area is 91.5 Å². The highest BCUT2D eigenvalue weighted by atomic mass is 16.4. The van der Waals surface area contributed by atoms with Gasteiger partial charge in [0, 0.05) is 0 Å². The maximum atomic E-state index is 10.8. The van der Waals surface area contributed by atoms with E-state index in [4.69, 9.17) is 5.11 Å². The van der Waals surface area contributed by atoms with Gasteiger partial charge >= 0.3 is 5.97 Å². The number of aliphatic carboxylic acids is 1. The third kappa shape index (κ3) is 2.94. The van der Waals surface area contributed by atoms with Crippen LogP contribution < -0.4 is 0 Å². The second-order valence-electron chi connectivity index (χ2n) is 5.41. The van der Waals surface area contributed by atoms with Crippen LogP contribution in [-0.4, -0.2) is 21.8 Å². The standard InChI is InChI=1S/C12H22O3/c1-8(2)10-5-4-9(3)6-12(10,15)7-11(13)14/h8-10,15H,4-7H2,1-3H3,(H,13,14)/t9?,10?,12-/m1/s1. The quantitative estimate of drug-likeness (QED) is 0.757. The number of carboxylic acids is 1. The van der Waals surface area contributed by atoms with E-state index in [0.29, 0.717) is 18.3 Å². The van der Waals surface area contributed by atoms with E-state index >= 15 is 0 Å². The smallest absolute Gasteiger partial charge is 0.306 e. The van der Waals surface area contributed by atoms with Gasteiger partial charge in [0.05, 0.1) is 12.0 Å². The second-order valence-corrected chi connectivity index (χ2v) is 5.41. The molecule has 0 aromatic rings. The Morgan fingerprint density at radius 1 is 1.47 bits per heavy atom. The van der Waals surface area contributed by atoms with Crippen molar-refractivity contribution in [3.63, 3.8) is 0 Å². The average Bonchev–Trinajstić information content (AvgIpc) is 1.99. The summed E-state index contributed by atoms with van der Waals surface area (Å²) < 4.78 is 0. The molecule has 0 radical (unpaired) electrons. The molecule has 0 aliphatic heterocycles. The second kappa shape index (κ2) is 4.52. The molecule has 0 saturated heterocycles. The zero-order valence-corrected chi connectivity index (χ0v) is 9.86. The van der Waals surface area contributed by atoms with E-state index in [2.05, 4.69) is 20.8 Å². The van der Waals surface area contributed by atoms with Crippen molar-refractivity contribution >= 4 is 5.97 Å². The molecule has 0 heterocycles. The molecule has 0 spiro atoms. The topological polar surface area (TPSA) is 57.5 Å². The molecule has 0 aromatic carbocycles. The van der Waals surface area contributed by atoms with E-state index in [9.17, 15) is 9.90 Å². The summed E-state index contributed by atoms with van der Waals surface area (Å²) >= 11 is 0. The van der Waals surface area contributed by atoms with Crippen LogP contribution in [0.1, 0.15) is 46.5 Å². The van der Waals surface area contributed by atoms with Crippen molar-refractivity contribution in [2.75, 3.05) is 0 Å². The molecular weight excluding hydrogens is 192 g/mol. The molecule has 3 atom stereocenters. The molecule has 3 heteroatoms. The summed E-state index contributed by atoms with van der Waals surface area (Å²) in [4.78, 5) is 10.8. The molecule has 1 aliphatic carbocycles. The zero-order chi connectivity index (χ0) is 11.6. The Morgan fingerprint density at radius 2 is 2.07 bits per heavy atom. The van der Waals surface area contributed by atoms with Crippen LogP contribution in [-0.2, 0) is 4.79 Å². The van der Waals surface area contributed by atoms with E-state index in [1.54, 1.807) is 0 Å². The lowest BCUT2D eigenvalue weighted by Gasteiger charge is -2.43. The lowest BCUT2D eigenvalue weighted by molar-refractivity contribution is -0.150. The fourth-order valence-corrected chi connectivity index (χ4v) is 3.01. The summed E-state index contributed by atoms with van der Waals surface area (Å²) in [6.07, 6.45) is 2.57.